The van der Waals surface area contributed by atoms with Gasteiger partial charge in [-0.05, 0) is 25.0 Å². The van der Waals surface area contributed by atoms with Crippen molar-refractivity contribution >= 4 is 16.7 Å². The van der Waals surface area contributed by atoms with Gasteiger partial charge in [0.05, 0.1) is 25.1 Å². The zero-order valence-electron chi connectivity index (χ0n) is 14.0. The number of aromatic nitrogens is 2. The largest absolute Gasteiger partial charge is 0.493 e. The number of benzene rings is 1. The molecule has 1 saturated carbocycles. The van der Waals surface area contributed by atoms with E-state index < -0.39 is 0 Å². The molecule has 23 heavy (non-hydrogen) atoms. The number of nitrogens with zero attached hydrogens (tertiary/aromatic N) is 2. The summed E-state index contributed by atoms with van der Waals surface area (Å²) < 4.78 is 11.0. The molecule has 1 heterocycles. The summed E-state index contributed by atoms with van der Waals surface area (Å²) in [5.74, 6) is 2.24. The lowest BCUT2D eigenvalue weighted by Crippen LogP contribution is -2.21. The van der Waals surface area contributed by atoms with Crippen LogP contribution in [0, 0.1) is 0 Å². The summed E-state index contributed by atoms with van der Waals surface area (Å²) >= 11 is 0. The number of hydrogen-bond donors (Lipinski definition) is 1. The maximum Gasteiger partial charge on any atom is 0.173 e. The van der Waals surface area contributed by atoms with Gasteiger partial charge in [-0.2, -0.15) is 0 Å². The smallest absolute Gasteiger partial charge is 0.173 e. The summed E-state index contributed by atoms with van der Waals surface area (Å²) in [6.07, 6.45) is 10.6. The van der Waals surface area contributed by atoms with Gasteiger partial charge in [0.1, 0.15) is 12.1 Å². The SMILES string of the molecule is COc1ccc2ncnc(NC3CCCCCCC3)c2c1OC. The van der Waals surface area contributed by atoms with E-state index in [2.05, 4.69) is 15.3 Å². The summed E-state index contributed by atoms with van der Waals surface area (Å²) in [7, 11) is 3.30. The third-order valence-electron chi connectivity index (χ3n) is 4.59. The third-order valence-corrected chi connectivity index (χ3v) is 4.59. The molecule has 1 aliphatic rings. The molecule has 5 heteroatoms. The van der Waals surface area contributed by atoms with E-state index in [0.717, 1.165) is 16.7 Å². The van der Waals surface area contributed by atoms with Crippen molar-refractivity contribution in [2.75, 3.05) is 19.5 Å². The van der Waals surface area contributed by atoms with E-state index in [1.165, 1.54) is 44.9 Å². The molecule has 1 aliphatic carbocycles. The van der Waals surface area contributed by atoms with Gasteiger partial charge in [0.25, 0.3) is 0 Å². The van der Waals surface area contributed by atoms with Crippen LogP contribution in [-0.4, -0.2) is 30.2 Å². The van der Waals surface area contributed by atoms with E-state index in [1.54, 1.807) is 20.5 Å². The fourth-order valence-corrected chi connectivity index (χ4v) is 3.37. The highest BCUT2D eigenvalue weighted by molar-refractivity contribution is 5.96. The quantitative estimate of drug-likeness (QED) is 0.917. The van der Waals surface area contributed by atoms with Crippen molar-refractivity contribution in [3.8, 4) is 11.5 Å². The van der Waals surface area contributed by atoms with Crippen LogP contribution in [0.15, 0.2) is 18.5 Å². The van der Waals surface area contributed by atoms with Gasteiger partial charge in [-0.1, -0.05) is 32.1 Å². The number of fused-ring (bicyclic) bond motifs is 1. The fourth-order valence-electron chi connectivity index (χ4n) is 3.37. The number of rotatable bonds is 4. The van der Waals surface area contributed by atoms with Gasteiger partial charge in [-0.15, -0.1) is 0 Å². The monoisotopic (exact) mass is 315 g/mol. The van der Waals surface area contributed by atoms with Crippen LogP contribution in [-0.2, 0) is 0 Å². The molecule has 3 rings (SSSR count). The molecule has 124 valence electrons. The predicted molar refractivity (Wildman–Crippen MR) is 92.4 cm³/mol. The Balaban J connectivity index is 1.95. The first-order chi connectivity index (χ1) is 11.3. The van der Waals surface area contributed by atoms with Gasteiger partial charge in [-0.25, -0.2) is 9.97 Å². The average Bonchev–Trinajstić information content (AvgIpc) is 2.56. The van der Waals surface area contributed by atoms with Gasteiger partial charge in [0.15, 0.2) is 11.5 Å². The minimum atomic E-state index is 0.462. The maximum atomic E-state index is 5.58. The topological polar surface area (TPSA) is 56.3 Å². The molecule has 5 nitrogen and oxygen atoms in total. The summed E-state index contributed by atoms with van der Waals surface area (Å²) in [6, 6.07) is 4.29. The van der Waals surface area contributed by atoms with Gasteiger partial charge in [0.2, 0.25) is 0 Å². The van der Waals surface area contributed by atoms with Crippen LogP contribution in [0.5, 0.6) is 11.5 Å². The Morgan fingerprint density at radius 1 is 0.957 bits per heavy atom. The Kier molecular flexibility index (Phi) is 5.16. The van der Waals surface area contributed by atoms with Crippen molar-refractivity contribution in [1.29, 1.82) is 0 Å². The van der Waals surface area contributed by atoms with Gasteiger partial charge in [0, 0.05) is 6.04 Å². The van der Waals surface area contributed by atoms with E-state index >= 15 is 0 Å². The van der Waals surface area contributed by atoms with E-state index in [1.807, 2.05) is 12.1 Å². The normalized spacial score (nSPS) is 16.6. The van der Waals surface area contributed by atoms with Crippen LogP contribution in [0.3, 0.4) is 0 Å². The third kappa shape index (κ3) is 3.49. The lowest BCUT2D eigenvalue weighted by molar-refractivity contribution is 0.358. The highest BCUT2D eigenvalue weighted by Crippen LogP contribution is 2.38. The summed E-state index contributed by atoms with van der Waals surface area (Å²) in [4.78, 5) is 8.85. The lowest BCUT2D eigenvalue weighted by Gasteiger charge is -2.22. The molecular weight excluding hydrogens is 290 g/mol. The molecule has 1 aromatic carbocycles. The van der Waals surface area contributed by atoms with E-state index in [9.17, 15) is 0 Å². The molecule has 1 aromatic heterocycles. The molecule has 1 N–H and O–H groups in total. The van der Waals surface area contributed by atoms with E-state index in [-0.39, 0.29) is 0 Å². The van der Waals surface area contributed by atoms with E-state index in [4.69, 9.17) is 9.47 Å². The molecule has 0 spiro atoms. The van der Waals surface area contributed by atoms with E-state index in [0.29, 0.717) is 17.5 Å². The first-order valence-corrected chi connectivity index (χ1v) is 8.45. The molecule has 0 aliphatic heterocycles. The van der Waals surface area contributed by atoms with Crippen molar-refractivity contribution in [3.63, 3.8) is 0 Å². The first-order valence-electron chi connectivity index (χ1n) is 8.45. The van der Waals surface area contributed by atoms with Crippen molar-refractivity contribution in [2.45, 2.75) is 51.0 Å². The van der Waals surface area contributed by atoms with Crippen LogP contribution in [0.25, 0.3) is 10.9 Å². The summed E-state index contributed by atoms with van der Waals surface area (Å²) in [5.41, 5.74) is 0.867. The second-order valence-electron chi connectivity index (χ2n) is 6.10. The Morgan fingerprint density at radius 2 is 1.70 bits per heavy atom. The Bertz CT molecular complexity index is 652. The molecule has 0 unspecified atom stereocenters. The lowest BCUT2D eigenvalue weighted by atomic mass is 9.96. The number of ether oxygens (including phenoxy) is 2. The molecule has 0 bridgehead atoms. The standard InChI is InChI=1S/C18H25N3O2/c1-22-15-11-10-14-16(17(15)23-2)18(20-12-19-14)21-13-8-6-4-3-5-7-9-13/h10-13H,3-9H2,1-2H3,(H,19,20,21). The minimum absolute atomic E-state index is 0.462. The fraction of sp³-hybridized carbons (Fsp3) is 0.556. The van der Waals surface area contributed by atoms with Crippen molar-refractivity contribution < 1.29 is 9.47 Å². The Hall–Kier alpha value is -2.04. The van der Waals surface area contributed by atoms with Crippen molar-refractivity contribution in [3.05, 3.63) is 18.5 Å². The molecule has 0 amide bonds. The van der Waals surface area contributed by atoms with Crippen LogP contribution >= 0.6 is 0 Å². The minimum Gasteiger partial charge on any atom is -0.493 e. The molecule has 0 atom stereocenters. The molecular formula is C18H25N3O2. The average molecular weight is 315 g/mol. The maximum absolute atomic E-state index is 5.58. The molecule has 0 radical (unpaired) electrons. The summed E-state index contributed by atoms with van der Waals surface area (Å²) in [6.45, 7) is 0. The van der Waals surface area contributed by atoms with Crippen LogP contribution in [0.1, 0.15) is 44.9 Å². The number of hydrogen-bond acceptors (Lipinski definition) is 5. The van der Waals surface area contributed by atoms with Gasteiger partial charge in [-0.3, -0.25) is 0 Å². The van der Waals surface area contributed by atoms with Crippen molar-refractivity contribution in [2.24, 2.45) is 0 Å². The molecule has 1 fully saturated rings. The van der Waals surface area contributed by atoms with Crippen LogP contribution < -0.4 is 14.8 Å². The zero-order chi connectivity index (χ0) is 16.1. The van der Waals surface area contributed by atoms with Crippen molar-refractivity contribution in [1.82, 2.24) is 9.97 Å². The number of methoxy groups -OCH3 is 2. The first kappa shape index (κ1) is 15.8. The molecule has 0 saturated heterocycles. The van der Waals surface area contributed by atoms with Crippen LogP contribution in [0.2, 0.25) is 0 Å². The number of anilines is 1. The highest BCUT2D eigenvalue weighted by atomic mass is 16.5. The molecule has 2 aromatic rings. The van der Waals surface area contributed by atoms with Gasteiger partial charge < -0.3 is 14.8 Å². The Morgan fingerprint density at radius 3 is 2.39 bits per heavy atom. The second kappa shape index (κ2) is 7.49. The predicted octanol–water partition coefficient (Wildman–Crippen LogP) is 4.17. The van der Waals surface area contributed by atoms with Crippen LogP contribution in [0.4, 0.5) is 5.82 Å². The highest BCUT2D eigenvalue weighted by Gasteiger charge is 2.18. The summed E-state index contributed by atoms with van der Waals surface area (Å²) in [5, 5.41) is 4.53. The zero-order valence-corrected chi connectivity index (χ0v) is 14.0. The van der Waals surface area contributed by atoms with Gasteiger partial charge >= 0.3 is 0 Å². The number of nitrogens with one attached hydrogen (secondary N) is 1. The Labute approximate surface area is 137 Å². The second-order valence-corrected chi connectivity index (χ2v) is 6.10.